The number of para-hydroxylation sites is 1. The Bertz CT molecular complexity index is 1200. The van der Waals surface area contributed by atoms with Crippen LogP contribution in [0.2, 0.25) is 5.02 Å². The number of ether oxygens (including phenoxy) is 1. The van der Waals surface area contributed by atoms with Crippen molar-refractivity contribution in [3.63, 3.8) is 0 Å². The summed E-state index contributed by atoms with van der Waals surface area (Å²) >= 11 is 6.12. The molecule has 0 radical (unpaired) electrons. The summed E-state index contributed by atoms with van der Waals surface area (Å²) in [5, 5.41) is -0.0972. The monoisotopic (exact) mass is 410 g/mol. The van der Waals surface area contributed by atoms with E-state index >= 15 is 0 Å². The van der Waals surface area contributed by atoms with Gasteiger partial charge in [0.25, 0.3) is 10.0 Å². The van der Waals surface area contributed by atoms with Crippen molar-refractivity contribution in [2.24, 2.45) is 7.05 Å². The zero-order valence-electron chi connectivity index (χ0n) is 14.4. The van der Waals surface area contributed by atoms with E-state index in [0.717, 1.165) is 6.07 Å². The summed E-state index contributed by atoms with van der Waals surface area (Å²) < 4.78 is 39.1. The summed E-state index contributed by atoms with van der Waals surface area (Å²) in [4.78, 5) is 23.4. The number of halogens is 1. The van der Waals surface area contributed by atoms with Gasteiger partial charge in [0.05, 0.1) is 28.4 Å². The Balaban J connectivity index is 2.06. The molecule has 8 nitrogen and oxygen atoms in total. The topological polar surface area (TPSA) is 108 Å². The van der Waals surface area contributed by atoms with Crippen LogP contribution in [0.1, 0.15) is 17.3 Å². The average molecular weight is 411 g/mol. The molecule has 0 fully saturated rings. The van der Waals surface area contributed by atoms with Crippen LogP contribution in [-0.2, 0) is 21.8 Å². The zero-order valence-corrected chi connectivity index (χ0v) is 15.9. The average Bonchev–Trinajstić information content (AvgIpc) is 2.88. The van der Waals surface area contributed by atoms with Gasteiger partial charge in [-0.05, 0) is 25.1 Å². The van der Waals surface area contributed by atoms with Crippen molar-refractivity contribution in [1.29, 1.82) is 0 Å². The van der Waals surface area contributed by atoms with Crippen LogP contribution in [0.5, 0.6) is 0 Å². The molecular formula is C17H15ClN2O6S. The highest BCUT2D eigenvalue weighted by atomic mass is 35.5. The number of aryl methyl sites for hydroxylation is 1. The number of nitrogens with zero attached hydrogens (tertiary/aromatic N) is 1. The molecule has 0 saturated carbocycles. The first kappa shape index (κ1) is 19.0. The van der Waals surface area contributed by atoms with E-state index in [0.29, 0.717) is 5.52 Å². The lowest BCUT2D eigenvalue weighted by Gasteiger charge is -2.12. The third kappa shape index (κ3) is 3.56. The number of aromatic nitrogens is 1. The van der Waals surface area contributed by atoms with Crippen LogP contribution in [0.15, 0.2) is 50.5 Å². The van der Waals surface area contributed by atoms with Gasteiger partial charge in [-0.1, -0.05) is 23.7 Å². The first-order chi connectivity index (χ1) is 12.7. The number of fused-ring (bicyclic) bond motifs is 1. The van der Waals surface area contributed by atoms with Gasteiger partial charge in [0, 0.05) is 13.1 Å². The Morgan fingerprint density at radius 2 is 2.00 bits per heavy atom. The molecule has 0 bridgehead atoms. The number of sulfonamides is 1. The maximum absolute atomic E-state index is 12.8. The van der Waals surface area contributed by atoms with Gasteiger partial charge in [0.15, 0.2) is 5.58 Å². The molecule has 0 saturated heterocycles. The number of nitrogens with one attached hydrogen (secondary N) is 1. The summed E-state index contributed by atoms with van der Waals surface area (Å²) in [6.45, 7) is 1.79. The van der Waals surface area contributed by atoms with E-state index in [9.17, 15) is 18.0 Å². The minimum absolute atomic E-state index is 0.0432. The fourth-order valence-corrected chi connectivity index (χ4v) is 4.11. The van der Waals surface area contributed by atoms with Gasteiger partial charge >= 0.3 is 11.7 Å². The molecule has 1 aromatic heterocycles. The van der Waals surface area contributed by atoms with Gasteiger partial charge in [0.1, 0.15) is 4.90 Å². The number of rotatable bonds is 5. The second-order valence-electron chi connectivity index (χ2n) is 5.55. The minimum Gasteiger partial charge on any atom is -0.462 e. The highest BCUT2D eigenvalue weighted by Gasteiger charge is 2.23. The molecule has 0 aliphatic carbocycles. The molecule has 1 N–H and O–H groups in total. The zero-order chi connectivity index (χ0) is 19.8. The molecule has 2 aromatic carbocycles. The number of oxazole rings is 1. The van der Waals surface area contributed by atoms with Crippen molar-refractivity contribution in [3.05, 3.63) is 57.5 Å². The van der Waals surface area contributed by atoms with E-state index in [-0.39, 0.29) is 33.4 Å². The highest BCUT2D eigenvalue weighted by molar-refractivity contribution is 7.92. The molecule has 1 heterocycles. The SMILES string of the molecule is CCOC(=O)c1ccccc1NS(=O)(=O)c1cc2oc(=O)n(C)c2cc1Cl. The molecule has 3 aromatic rings. The van der Waals surface area contributed by atoms with Crippen LogP contribution in [0, 0.1) is 0 Å². The number of hydrogen-bond donors (Lipinski definition) is 1. The number of anilines is 1. The van der Waals surface area contributed by atoms with Gasteiger partial charge in [-0.15, -0.1) is 0 Å². The fraction of sp³-hybridized carbons (Fsp3) is 0.176. The van der Waals surface area contributed by atoms with Crippen molar-refractivity contribution in [3.8, 4) is 0 Å². The normalized spacial score (nSPS) is 11.5. The van der Waals surface area contributed by atoms with Crippen molar-refractivity contribution in [2.45, 2.75) is 11.8 Å². The highest BCUT2D eigenvalue weighted by Crippen LogP contribution is 2.29. The Morgan fingerprint density at radius 3 is 2.70 bits per heavy atom. The van der Waals surface area contributed by atoms with Crippen LogP contribution in [0.25, 0.3) is 11.1 Å². The number of hydrogen-bond acceptors (Lipinski definition) is 6. The van der Waals surface area contributed by atoms with Gasteiger partial charge in [-0.25, -0.2) is 18.0 Å². The lowest BCUT2D eigenvalue weighted by atomic mass is 10.2. The molecule has 10 heteroatoms. The summed E-state index contributed by atoms with van der Waals surface area (Å²) in [6, 6.07) is 8.51. The van der Waals surface area contributed by atoms with Crippen molar-refractivity contribution in [2.75, 3.05) is 11.3 Å². The van der Waals surface area contributed by atoms with Crippen LogP contribution in [0.4, 0.5) is 5.69 Å². The minimum atomic E-state index is -4.17. The van der Waals surface area contributed by atoms with E-state index in [1.807, 2.05) is 0 Å². The first-order valence-electron chi connectivity index (χ1n) is 7.82. The predicted octanol–water partition coefficient (Wildman–Crippen LogP) is 2.76. The second kappa shape index (κ2) is 7.09. The third-order valence-electron chi connectivity index (χ3n) is 3.80. The first-order valence-corrected chi connectivity index (χ1v) is 9.68. The van der Waals surface area contributed by atoms with Gasteiger partial charge < -0.3 is 9.15 Å². The Labute approximate surface area is 159 Å². The summed E-state index contributed by atoms with van der Waals surface area (Å²) in [7, 11) is -2.69. The number of carbonyl (C=O) groups is 1. The lowest BCUT2D eigenvalue weighted by Crippen LogP contribution is -2.17. The molecule has 0 amide bonds. The van der Waals surface area contributed by atoms with Crippen molar-refractivity contribution in [1.82, 2.24) is 4.57 Å². The molecular weight excluding hydrogens is 396 g/mol. The molecule has 0 unspecified atom stereocenters. The van der Waals surface area contributed by atoms with E-state index in [2.05, 4.69) is 4.72 Å². The predicted molar refractivity (Wildman–Crippen MR) is 99.7 cm³/mol. The van der Waals surface area contributed by atoms with Crippen LogP contribution in [-0.4, -0.2) is 25.6 Å². The Hall–Kier alpha value is -2.78. The molecule has 0 aliphatic rings. The molecule has 0 aliphatic heterocycles. The van der Waals surface area contributed by atoms with E-state index in [1.165, 1.54) is 29.8 Å². The van der Waals surface area contributed by atoms with E-state index in [4.69, 9.17) is 20.8 Å². The van der Waals surface area contributed by atoms with E-state index in [1.54, 1.807) is 19.1 Å². The largest absolute Gasteiger partial charge is 0.462 e. The lowest BCUT2D eigenvalue weighted by molar-refractivity contribution is 0.0527. The summed E-state index contributed by atoms with van der Waals surface area (Å²) in [6.07, 6.45) is 0. The second-order valence-corrected chi connectivity index (χ2v) is 7.61. The maximum Gasteiger partial charge on any atom is 0.419 e. The van der Waals surface area contributed by atoms with E-state index < -0.39 is 21.7 Å². The van der Waals surface area contributed by atoms with Gasteiger partial charge in [-0.3, -0.25) is 9.29 Å². The summed E-state index contributed by atoms with van der Waals surface area (Å²) in [5.74, 6) is -1.30. The van der Waals surface area contributed by atoms with Crippen LogP contribution in [0.3, 0.4) is 0 Å². The summed E-state index contributed by atoms with van der Waals surface area (Å²) in [5.41, 5.74) is 0.537. The third-order valence-corrected chi connectivity index (χ3v) is 5.63. The Morgan fingerprint density at radius 1 is 1.30 bits per heavy atom. The standard InChI is InChI=1S/C17H15ClN2O6S/c1-3-25-16(21)10-6-4-5-7-12(10)19-27(23,24)15-9-14-13(8-11(15)18)20(2)17(22)26-14/h4-9,19H,3H2,1-2H3. The van der Waals surface area contributed by atoms with Crippen LogP contribution >= 0.6 is 11.6 Å². The number of carbonyl (C=O) groups excluding carboxylic acids is 1. The van der Waals surface area contributed by atoms with Crippen molar-refractivity contribution >= 4 is 44.4 Å². The molecule has 0 spiro atoms. The fourth-order valence-electron chi connectivity index (χ4n) is 2.49. The quantitative estimate of drug-likeness (QED) is 0.648. The van der Waals surface area contributed by atoms with Crippen LogP contribution < -0.4 is 10.5 Å². The van der Waals surface area contributed by atoms with Gasteiger partial charge in [0.2, 0.25) is 0 Å². The molecule has 142 valence electrons. The number of esters is 1. The number of benzene rings is 2. The smallest absolute Gasteiger partial charge is 0.419 e. The molecule has 3 rings (SSSR count). The molecule has 0 atom stereocenters. The Kier molecular flexibility index (Phi) is 4.99. The van der Waals surface area contributed by atoms with Gasteiger partial charge in [-0.2, -0.15) is 0 Å². The van der Waals surface area contributed by atoms with Crippen molar-refractivity contribution < 1.29 is 22.4 Å². The molecule has 27 heavy (non-hydrogen) atoms. The maximum atomic E-state index is 12.8.